The Morgan fingerprint density at radius 2 is 1.57 bits per heavy atom. The van der Waals surface area contributed by atoms with Crippen LogP contribution >= 0.6 is 11.6 Å². The van der Waals surface area contributed by atoms with Crippen LogP contribution in [0.2, 0.25) is 5.02 Å². The van der Waals surface area contributed by atoms with Gasteiger partial charge in [0, 0.05) is 31.2 Å². The summed E-state index contributed by atoms with van der Waals surface area (Å²) in [7, 11) is -3.59. The zero-order chi connectivity index (χ0) is 21.9. The number of nitrogens with zero attached hydrogens (tertiary/aromatic N) is 2. The Morgan fingerprint density at radius 1 is 1.00 bits per heavy atom. The van der Waals surface area contributed by atoms with E-state index in [2.05, 4.69) is 5.32 Å². The fraction of sp³-hybridized carbons (Fsp3) is 0.381. The molecule has 3 rings (SSSR count). The lowest BCUT2D eigenvalue weighted by Crippen LogP contribution is -2.55. The van der Waals surface area contributed by atoms with E-state index in [9.17, 15) is 17.6 Å². The second kappa shape index (κ2) is 9.43. The highest BCUT2D eigenvalue weighted by Gasteiger charge is 2.32. The molecule has 0 bridgehead atoms. The van der Waals surface area contributed by atoms with E-state index < -0.39 is 16.1 Å². The highest BCUT2D eigenvalue weighted by atomic mass is 35.5. The Hall–Kier alpha value is -2.00. The molecule has 0 aliphatic carbocycles. The fourth-order valence-electron chi connectivity index (χ4n) is 3.42. The van der Waals surface area contributed by atoms with Crippen molar-refractivity contribution in [1.82, 2.24) is 14.5 Å². The third-order valence-electron chi connectivity index (χ3n) is 5.38. The molecule has 0 spiro atoms. The van der Waals surface area contributed by atoms with E-state index in [1.807, 2.05) is 11.8 Å². The third kappa shape index (κ3) is 5.18. The van der Waals surface area contributed by atoms with E-state index in [4.69, 9.17) is 11.6 Å². The summed E-state index contributed by atoms with van der Waals surface area (Å²) in [4.78, 5) is 14.8. The molecular formula is C21H25ClFN3O3S. The SMILES string of the molecule is CC(NC(=O)C(C)N1CCN(S(=O)(=O)c2ccc(Cl)cc2)CC1)c1ccc(F)cc1. The molecule has 0 aromatic heterocycles. The first-order valence-electron chi connectivity index (χ1n) is 9.74. The normalized spacial score (nSPS) is 18.0. The molecule has 2 aromatic rings. The zero-order valence-corrected chi connectivity index (χ0v) is 18.5. The Bertz CT molecular complexity index is 976. The van der Waals surface area contributed by atoms with E-state index in [1.165, 1.54) is 28.6 Å². The van der Waals surface area contributed by atoms with Crippen molar-refractivity contribution in [3.8, 4) is 0 Å². The minimum Gasteiger partial charge on any atom is -0.348 e. The molecule has 1 aliphatic rings. The molecule has 0 saturated carbocycles. The van der Waals surface area contributed by atoms with Gasteiger partial charge in [0.05, 0.1) is 17.0 Å². The van der Waals surface area contributed by atoms with E-state index in [0.29, 0.717) is 31.2 Å². The van der Waals surface area contributed by atoms with Crippen LogP contribution in [0.3, 0.4) is 0 Å². The van der Waals surface area contributed by atoms with E-state index in [1.54, 1.807) is 31.2 Å². The van der Waals surface area contributed by atoms with Gasteiger partial charge in [0.2, 0.25) is 15.9 Å². The molecule has 1 amide bonds. The number of rotatable bonds is 6. The van der Waals surface area contributed by atoms with E-state index in [-0.39, 0.29) is 22.7 Å². The number of sulfonamides is 1. The van der Waals surface area contributed by atoms with Crippen molar-refractivity contribution < 1.29 is 17.6 Å². The summed E-state index contributed by atoms with van der Waals surface area (Å²) < 4.78 is 40.1. The molecule has 1 heterocycles. The van der Waals surface area contributed by atoms with Crippen LogP contribution in [0.25, 0.3) is 0 Å². The third-order valence-corrected chi connectivity index (χ3v) is 7.55. The maximum absolute atomic E-state index is 13.1. The average Bonchev–Trinajstić information content (AvgIpc) is 2.74. The number of carbonyl (C=O) groups is 1. The minimum atomic E-state index is -3.59. The molecule has 162 valence electrons. The van der Waals surface area contributed by atoms with Gasteiger partial charge in [-0.2, -0.15) is 4.31 Å². The summed E-state index contributed by atoms with van der Waals surface area (Å²) in [6.07, 6.45) is 0. The molecule has 6 nitrogen and oxygen atoms in total. The first-order valence-corrected chi connectivity index (χ1v) is 11.6. The summed E-state index contributed by atoms with van der Waals surface area (Å²) in [6, 6.07) is 11.5. The van der Waals surface area contributed by atoms with Crippen molar-refractivity contribution in [3.63, 3.8) is 0 Å². The molecule has 1 fully saturated rings. The molecule has 2 aromatic carbocycles. The predicted octanol–water partition coefficient (Wildman–Crippen LogP) is 3.05. The number of carbonyl (C=O) groups excluding carboxylic acids is 1. The molecule has 1 aliphatic heterocycles. The monoisotopic (exact) mass is 453 g/mol. The molecule has 9 heteroatoms. The average molecular weight is 454 g/mol. The maximum Gasteiger partial charge on any atom is 0.243 e. The summed E-state index contributed by atoms with van der Waals surface area (Å²) in [6.45, 7) is 5.15. The van der Waals surface area contributed by atoms with Crippen LogP contribution in [0.1, 0.15) is 25.5 Å². The fourth-order valence-corrected chi connectivity index (χ4v) is 4.97. The number of amides is 1. The van der Waals surface area contributed by atoms with Gasteiger partial charge in [0.25, 0.3) is 0 Å². The van der Waals surface area contributed by atoms with Crippen molar-refractivity contribution in [2.45, 2.75) is 30.8 Å². The zero-order valence-electron chi connectivity index (χ0n) is 16.9. The summed E-state index contributed by atoms with van der Waals surface area (Å²) >= 11 is 5.84. The highest BCUT2D eigenvalue weighted by molar-refractivity contribution is 7.89. The Labute approximate surface area is 181 Å². The number of nitrogens with one attached hydrogen (secondary N) is 1. The summed E-state index contributed by atoms with van der Waals surface area (Å²) in [5.41, 5.74) is 0.816. The van der Waals surface area contributed by atoms with Gasteiger partial charge < -0.3 is 5.32 Å². The molecule has 30 heavy (non-hydrogen) atoms. The van der Waals surface area contributed by atoms with Gasteiger partial charge in [-0.05, 0) is 55.8 Å². The van der Waals surface area contributed by atoms with Crippen molar-refractivity contribution in [1.29, 1.82) is 0 Å². The number of hydrogen-bond donors (Lipinski definition) is 1. The lowest BCUT2D eigenvalue weighted by Gasteiger charge is -2.37. The second-order valence-electron chi connectivity index (χ2n) is 7.35. The smallest absolute Gasteiger partial charge is 0.243 e. The summed E-state index contributed by atoms with van der Waals surface area (Å²) in [5.74, 6) is -0.474. The molecule has 1 N–H and O–H groups in total. The second-order valence-corrected chi connectivity index (χ2v) is 9.73. The van der Waals surface area contributed by atoms with Crippen LogP contribution in [0.5, 0.6) is 0 Å². The highest BCUT2D eigenvalue weighted by Crippen LogP contribution is 2.21. The lowest BCUT2D eigenvalue weighted by molar-refractivity contribution is -0.127. The number of halogens is 2. The number of benzene rings is 2. The van der Waals surface area contributed by atoms with Gasteiger partial charge in [-0.1, -0.05) is 23.7 Å². The van der Waals surface area contributed by atoms with Gasteiger partial charge >= 0.3 is 0 Å². The molecule has 0 radical (unpaired) electrons. The van der Waals surface area contributed by atoms with Crippen molar-refractivity contribution in [2.75, 3.05) is 26.2 Å². The van der Waals surface area contributed by atoms with Crippen LogP contribution < -0.4 is 5.32 Å². The van der Waals surface area contributed by atoms with E-state index >= 15 is 0 Å². The minimum absolute atomic E-state index is 0.152. The quantitative estimate of drug-likeness (QED) is 0.729. The van der Waals surface area contributed by atoms with Crippen LogP contribution in [0.15, 0.2) is 53.4 Å². The molecular weight excluding hydrogens is 429 g/mol. The Balaban J connectivity index is 1.56. The number of piperazine rings is 1. The van der Waals surface area contributed by atoms with Crippen LogP contribution in [0, 0.1) is 5.82 Å². The van der Waals surface area contributed by atoms with Gasteiger partial charge in [-0.3, -0.25) is 9.69 Å². The lowest BCUT2D eigenvalue weighted by atomic mass is 10.1. The maximum atomic E-state index is 13.1. The Kier molecular flexibility index (Phi) is 7.13. The number of hydrogen-bond acceptors (Lipinski definition) is 4. The van der Waals surface area contributed by atoms with Gasteiger partial charge in [0.15, 0.2) is 0 Å². The van der Waals surface area contributed by atoms with Gasteiger partial charge in [-0.15, -0.1) is 0 Å². The first kappa shape index (κ1) is 22.7. The van der Waals surface area contributed by atoms with Crippen LogP contribution in [-0.4, -0.2) is 55.8 Å². The standard InChI is InChI=1S/C21H25ClFN3O3S/c1-15(17-3-7-19(23)8-4-17)24-21(27)16(2)25-11-13-26(14-12-25)30(28,29)20-9-5-18(22)6-10-20/h3-10,15-16H,11-14H2,1-2H3,(H,24,27). The van der Waals surface area contributed by atoms with Crippen LogP contribution in [0.4, 0.5) is 4.39 Å². The predicted molar refractivity (Wildman–Crippen MR) is 114 cm³/mol. The van der Waals surface area contributed by atoms with Crippen molar-refractivity contribution in [3.05, 3.63) is 64.9 Å². The largest absolute Gasteiger partial charge is 0.348 e. The Morgan fingerprint density at radius 3 is 2.13 bits per heavy atom. The van der Waals surface area contributed by atoms with Crippen molar-refractivity contribution >= 4 is 27.5 Å². The topological polar surface area (TPSA) is 69.7 Å². The molecule has 2 atom stereocenters. The van der Waals surface area contributed by atoms with E-state index in [0.717, 1.165) is 5.56 Å². The van der Waals surface area contributed by atoms with Crippen molar-refractivity contribution in [2.24, 2.45) is 0 Å². The van der Waals surface area contributed by atoms with Crippen LogP contribution in [-0.2, 0) is 14.8 Å². The molecule has 1 saturated heterocycles. The summed E-state index contributed by atoms with van der Waals surface area (Å²) in [5, 5.41) is 3.42. The van der Waals surface area contributed by atoms with Gasteiger partial charge in [0.1, 0.15) is 5.82 Å². The first-order chi connectivity index (χ1) is 14.2. The van der Waals surface area contributed by atoms with Gasteiger partial charge in [-0.25, -0.2) is 12.8 Å². The molecule has 2 unspecified atom stereocenters.